The fraction of sp³-hybridized carbons (Fsp3) is 0.512. The molecule has 0 saturated carbocycles. The number of amides is 6. The van der Waals surface area contributed by atoms with Gasteiger partial charge in [0.1, 0.15) is 23.9 Å². The van der Waals surface area contributed by atoms with E-state index in [0.717, 1.165) is 94.6 Å². The average Bonchev–Trinajstić information content (AvgIpc) is 3.93. The second-order valence-corrected chi connectivity index (χ2v) is 16.7. The van der Waals surface area contributed by atoms with Gasteiger partial charge in [-0.05, 0) is 68.4 Å². The van der Waals surface area contributed by atoms with Gasteiger partial charge in [-0.2, -0.15) is 0 Å². The van der Waals surface area contributed by atoms with Gasteiger partial charge < -0.3 is 46.0 Å². The Morgan fingerprint density at radius 3 is 2.38 bits per heavy atom. The van der Waals surface area contributed by atoms with Crippen molar-refractivity contribution in [3.05, 3.63) is 59.5 Å². The largest absolute Gasteiger partial charge is 0.374 e. The normalized spacial score (nSPS) is 25.0. The monoisotopic (exact) mass is 821 g/mol. The van der Waals surface area contributed by atoms with Crippen molar-refractivity contribution in [1.29, 1.82) is 0 Å². The summed E-state index contributed by atoms with van der Waals surface area (Å²) in [7, 11) is 1.82. The third-order valence-corrected chi connectivity index (χ3v) is 12.8. The number of anilines is 5. The van der Waals surface area contributed by atoms with Gasteiger partial charge in [-0.1, -0.05) is 0 Å². The van der Waals surface area contributed by atoms with Crippen molar-refractivity contribution >= 4 is 58.5 Å². The average molecular weight is 822 g/mol. The number of primary amides is 1. The van der Waals surface area contributed by atoms with Crippen LogP contribution in [-0.2, 0) is 4.79 Å². The van der Waals surface area contributed by atoms with Crippen molar-refractivity contribution < 1.29 is 29.1 Å². The zero-order valence-electron chi connectivity index (χ0n) is 33.7. The van der Waals surface area contributed by atoms with Crippen LogP contribution < -0.4 is 31.1 Å². The molecule has 19 heteroatoms. The number of imide groups is 1. The molecule has 5 fully saturated rings. The molecule has 0 radical (unpaired) electrons. The fourth-order valence-electron chi connectivity index (χ4n) is 9.50. The highest BCUT2D eigenvalue weighted by atomic mass is 16.3. The second kappa shape index (κ2) is 16.2. The standard InChI is InChI=1S/C41H51N13O6/c1-48-13-18-53(41(48)60)28-3-2-11-52(24-28)33-21-44-35(36(42)56)37(46-33)45-26-4-8-32(43-20-26)50-16-14-49(15-17-50)22-25-10-12-51(23-25)27-5-6-29-30(19-27)40(59)54(39(29)58)31-7-9-34(55)47-38(31)57/h4-6,8,19-21,25,28,31,34,55H,2-3,7,9-18,22-24H2,1H3,(H2,42,56)(H,45,46)(H,47,57)/t25-,28-,31?,34?/m1/s1. The van der Waals surface area contributed by atoms with Gasteiger partial charge in [-0.3, -0.25) is 29.0 Å². The highest BCUT2D eigenvalue weighted by Gasteiger charge is 2.45. The van der Waals surface area contributed by atoms with Crippen molar-refractivity contribution in [1.82, 2.24) is 39.9 Å². The van der Waals surface area contributed by atoms with E-state index in [4.69, 9.17) is 15.7 Å². The third kappa shape index (κ3) is 7.62. The molecule has 5 saturated heterocycles. The summed E-state index contributed by atoms with van der Waals surface area (Å²) in [5, 5.41) is 15.4. The molecule has 3 aromatic rings. The molecule has 5 N–H and O–H groups in total. The summed E-state index contributed by atoms with van der Waals surface area (Å²) < 4.78 is 0. The summed E-state index contributed by atoms with van der Waals surface area (Å²) in [5.74, 6) is 0.0267. The van der Waals surface area contributed by atoms with Crippen molar-refractivity contribution in [2.45, 2.75) is 50.4 Å². The van der Waals surface area contributed by atoms with Crippen molar-refractivity contribution in [3.8, 4) is 0 Å². The molecule has 0 aliphatic carbocycles. The summed E-state index contributed by atoms with van der Waals surface area (Å²) in [6.07, 6.45) is 5.67. The van der Waals surface area contributed by atoms with Crippen LogP contribution in [0.4, 0.5) is 33.6 Å². The highest BCUT2D eigenvalue weighted by molar-refractivity contribution is 6.23. The van der Waals surface area contributed by atoms with Crippen LogP contribution in [-0.4, -0.2) is 167 Å². The number of piperidine rings is 2. The Bertz CT molecular complexity index is 2180. The topological polar surface area (TPSA) is 217 Å². The lowest BCUT2D eigenvalue weighted by Crippen LogP contribution is -2.55. The summed E-state index contributed by atoms with van der Waals surface area (Å²) in [5.41, 5.74) is 7.90. The van der Waals surface area contributed by atoms with E-state index >= 15 is 0 Å². The van der Waals surface area contributed by atoms with Crippen LogP contribution in [0.3, 0.4) is 0 Å². The lowest BCUT2D eigenvalue weighted by atomic mass is 10.0. The summed E-state index contributed by atoms with van der Waals surface area (Å²) >= 11 is 0. The number of hydrogen-bond donors (Lipinski definition) is 4. The number of fused-ring (bicyclic) bond motifs is 1. The third-order valence-electron chi connectivity index (χ3n) is 12.8. The van der Waals surface area contributed by atoms with Gasteiger partial charge in [0.15, 0.2) is 11.5 Å². The lowest BCUT2D eigenvalue weighted by Gasteiger charge is -2.37. The smallest absolute Gasteiger partial charge is 0.320 e. The van der Waals surface area contributed by atoms with E-state index in [-0.39, 0.29) is 36.4 Å². The molecule has 60 heavy (non-hydrogen) atoms. The molecule has 0 bridgehead atoms. The molecule has 2 unspecified atom stereocenters. The number of benzene rings is 1. The van der Waals surface area contributed by atoms with E-state index in [1.807, 2.05) is 30.1 Å². The lowest BCUT2D eigenvalue weighted by molar-refractivity contribution is -0.131. The molecule has 1 aromatic carbocycles. The number of likely N-dealkylation sites (N-methyl/N-ethyl adjacent to an activating group) is 1. The number of aliphatic hydroxyl groups is 1. The van der Waals surface area contributed by atoms with Gasteiger partial charge >= 0.3 is 6.03 Å². The number of aliphatic hydroxyl groups excluding tert-OH is 1. The molecule has 8 heterocycles. The molecule has 6 amide bonds. The molecule has 316 valence electrons. The minimum atomic E-state index is -0.965. The molecule has 0 spiro atoms. The number of nitrogens with one attached hydrogen (secondary N) is 2. The molecular formula is C41H51N13O6. The maximum absolute atomic E-state index is 13.4. The summed E-state index contributed by atoms with van der Waals surface area (Å²) in [6, 6.07) is 8.43. The molecule has 6 aliphatic rings. The number of carbonyl (C=O) groups is 5. The van der Waals surface area contributed by atoms with Crippen LogP contribution in [0.5, 0.6) is 0 Å². The zero-order chi connectivity index (χ0) is 41.7. The summed E-state index contributed by atoms with van der Waals surface area (Å²) in [4.78, 5) is 91.9. The number of aromatic nitrogens is 3. The minimum absolute atomic E-state index is 0.0360. The molecule has 2 aromatic heterocycles. The number of piperazine rings is 1. The van der Waals surface area contributed by atoms with Gasteiger partial charge in [-0.25, -0.2) is 19.7 Å². The Balaban J connectivity index is 0.771. The van der Waals surface area contributed by atoms with Crippen LogP contribution >= 0.6 is 0 Å². The number of nitrogens with zero attached hydrogens (tertiary/aromatic N) is 10. The molecule has 4 atom stereocenters. The van der Waals surface area contributed by atoms with Gasteiger partial charge in [0.2, 0.25) is 5.91 Å². The SMILES string of the molecule is CN1CCN([C@@H]2CCCN(c3cnc(C(N)=O)c(Nc4ccc(N5CCN(C[C@H]6CCN(c7ccc8c(c7)C(=O)N(C7CCC(O)NC7=O)C8=O)C6)CC5)nc4)n3)C2)C1=O. The molecule has 6 aliphatic heterocycles. The van der Waals surface area contributed by atoms with Crippen LogP contribution in [0, 0.1) is 5.92 Å². The quantitative estimate of drug-likeness (QED) is 0.209. The van der Waals surface area contributed by atoms with E-state index < -0.39 is 35.9 Å². The minimum Gasteiger partial charge on any atom is -0.374 e. The predicted octanol–water partition coefficient (Wildman–Crippen LogP) is 0.892. The number of rotatable bonds is 10. The van der Waals surface area contributed by atoms with E-state index in [0.29, 0.717) is 41.6 Å². The number of carbonyl (C=O) groups excluding carboxylic acids is 5. The highest BCUT2D eigenvalue weighted by Crippen LogP contribution is 2.33. The maximum atomic E-state index is 13.4. The van der Waals surface area contributed by atoms with Gasteiger partial charge in [0.25, 0.3) is 17.7 Å². The Labute approximate surface area is 347 Å². The number of nitrogens with two attached hydrogens (primary N) is 1. The van der Waals surface area contributed by atoms with Crippen LogP contribution in [0.2, 0.25) is 0 Å². The van der Waals surface area contributed by atoms with Gasteiger partial charge in [-0.15, -0.1) is 0 Å². The first-order chi connectivity index (χ1) is 29.0. The second-order valence-electron chi connectivity index (χ2n) is 16.7. The molecule has 9 rings (SSSR count). The maximum Gasteiger partial charge on any atom is 0.320 e. The Morgan fingerprint density at radius 2 is 1.65 bits per heavy atom. The molecule has 19 nitrogen and oxygen atoms in total. The predicted molar refractivity (Wildman–Crippen MR) is 221 cm³/mol. The Kier molecular flexibility index (Phi) is 10.6. The van der Waals surface area contributed by atoms with E-state index in [2.05, 4.69) is 35.2 Å². The zero-order valence-corrected chi connectivity index (χ0v) is 33.7. The first-order valence-corrected chi connectivity index (χ1v) is 20.9. The first-order valence-electron chi connectivity index (χ1n) is 20.9. The van der Waals surface area contributed by atoms with Crippen LogP contribution in [0.25, 0.3) is 0 Å². The van der Waals surface area contributed by atoms with Crippen molar-refractivity contribution in [2.24, 2.45) is 11.7 Å². The first kappa shape index (κ1) is 39.4. The van der Waals surface area contributed by atoms with Crippen LogP contribution in [0.1, 0.15) is 63.3 Å². The Hall–Kier alpha value is -6.08. The Morgan fingerprint density at radius 1 is 0.833 bits per heavy atom. The van der Waals surface area contributed by atoms with Gasteiger partial charge in [0, 0.05) is 84.7 Å². The summed E-state index contributed by atoms with van der Waals surface area (Å²) in [6.45, 7) is 8.88. The van der Waals surface area contributed by atoms with Crippen molar-refractivity contribution in [3.63, 3.8) is 0 Å². The number of urea groups is 1. The fourth-order valence-corrected chi connectivity index (χ4v) is 9.50. The van der Waals surface area contributed by atoms with E-state index in [1.54, 1.807) is 29.4 Å². The number of hydrogen-bond acceptors (Lipinski definition) is 14. The van der Waals surface area contributed by atoms with Crippen molar-refractivity contribution in [2.75, 3.05) is 99.1 Å². The number of pyridine rings is 1. The van der Waals surface area contributed by atoms with Crippen LogP contribution in [0.15, 0.2) is 42.7 Å². The molecular weight excluding hydrogens is 771 g/mol. The van der Waals surface area contributed by atoms with E-state index in [1.165, 1.54) is 0 Å². The van der Waals surface area contributed by atoms with E-state index in [9.17, 15) is 29.1 Å². The van der Waals surface area contributed by atoms with Gasteiger partial charge in [0.05, 0.1) is 35.2 Å².